The minimum Gasteiger partial charge on any atom is -0.372 e. The van der Waals surface area contributed by atoms with E-state index in [0.717, 1.165) is 41.2 Å². The molecular formula is C24H28N4O3. The summed E-state index contributed by atoms with van der Waals surface area (Å²) in [6.07, 6.45) is 3.51. The van der Waals surface area contributed by atoms with E-state index in [0.29, 0.717) is 17.8 Å². The number of rotatable bonds is 5. The molecule has 0 radical (unpaired) electrons. The Morgan fingerprint density at radius 2 is 1.97 bits per heavy atom. The molecule has 1 aromatic carbocycles. The number of aryl methyl sites for hydroxylation is 2. The van der Waals surface area contributed by atoms with E-state index in [1.807, 2.05) is 25.3 Å². The van der Waals surface area contributed by atoms with E-state index in [2.05, 4.69) is 52.4 Å². The lowest BCUT2D eigenvalue weighted by Gasteiger charge is -2.38. The number of benzene rings is 1. The summed E-state index contributed by atoms with van der Waals surface area (Å²) in [6.45, 7) is 9.97. The Bertz CT molecular complexity index is 1070. The van der Waals surface area contributed by atoms with E-state index < -0.39 is 0 Å². The Labute approximate surface area is 182 Å². The number of carbonyl (C=O) groups is 1. The number of nitrogens with zero attached hydrogens (tertiary/aromatic N) is 3. The van der Waals surface area contributed by atoms with Gasteiger partial charge in [0.1, 0.15) is 11.8 Å². The van der Waals surface area contributed by atoms with Gasteiger partial charge in [-0.3, -0.25) is 9.78 Å². The van der Waals surface area contributed by atoms with Gasteiger partial charge in [0, 0.05) is 42.8 Å². The zero-order valence-corrected chi connectivity index (χ0v) is 18.4. The highest BCUT2D eigenvalue weighted by Crippen LogP contribution is 2.36. The van der Waals surface area contributed by atoms with Crippen LogP contribution in [0.1, 0.15) is 41.2 Å². The molecule has 1 aliphatic heterocycles. The number of nitrogens with one attached hydrogen (secondary N) is 1. The number of pyridine rings is 1. The van der Waals surface area contributed by atoms with Gasteiger partial charge in [-0.15, -0.1) is 0 Å². The highest BCUT2D eigenvalue weighted by molar-refractivity contribution is 5.95. The van der Waals surface area contributed by atoms with Crippen LogP contribution in [-0.2, 0) is 11.3 Å². The molecule has 0 bridgehead atoms. The first-order valence-corrected chi connectivity index (χ1v) is 10.6. The standard InChI is InChI=1S/C24H28N4O3/c1-15-10-19(8-9-25-15)23-20(11-26-24(29)21-14-30-27-18(21)4)6-5-7-22(23)28-12-16(2)31-17(3)13-28/h5-10,14,16-17H,11-13H2,1-4H3,(H,26,29)/t16-,17+. The van der Waals surface area contributed by atoms with Crippen LogP contribution in [0.25, 0.3) is 11.1 Å². The van der Waals surface area contributed by atoms with E-state index in [9.17, 15) is 4.79 Å². The van der Waals surface area contributed by atoms with Crippen molar-refractivity contribution in [2.45, 2.75) is 46.4 Å². The van der Waals surface area contributed by atoms with E-state index >= 15 is 0 Å². The highest BCUT2D eigenvalue weighted by Gasteiger charge is 2.25. The summed E-state index contributed by atoms with van der Waals surface area (Å²) in [6, 6.07) is 10.4. The second kappa shape index (κ2) is 8.89. The number of hydrogen-bond donors (Lipinski definition) is 1. The maximum Gasteiger partial charge on any atom is 0.256 e. The van der Waals surface area contributed by atoms with Crippen molar-refractivity contribution in [2.24, 2.45) is 0 Å². The van der Waals surface area contributed by atoms with Crippen molar-refractivity contribution in [2.75, 3.05) is 18.0 Å². The molecule has 2 aromatic heterocycles. The van der Waals surface area contributed by atoms with Crippen molar-refractivity contribution in [1.29, 1.82) is 0 Å². The Balaban J connectivity index is 1.71. The first kappa shape index (κ1) is 21.1. The number of ether oxygens (including phenoxy) is 1. The molecule has 0 unspecified atom stereocenters. The van der Waals surface area contributed by atoms with Gasteiger partial charge in [0.2, 0.25) is 0 Å². The van der Waals surface area contributed by atoms with Crippen molar-refractivity contribution in [1.82, 2.24) is 15.5 Å². The second-order valence-corrected chi connectivity index (χ2v) is 8.16. The van der Waals surface area contributed by atoms with Crippen LogP contribution in [-0.4, -0.2) is 41.3 Å². The third-order valence-corrected chi connectivity index (χ3v) is 5.51. The van der Waals surface area contributed by atoms with Gasteiger partial charge >= 0.3 is 0 Å². The number of hydrogen-bond acceptors (Lipinski definition) is 6. The fourth-order valence-electron chi connectivity index (χ4n) is 4.19. The van der Waals surface area contributed by atoms with Crippen molar-refractivity contribution >= 4 is 11.6 Å². The predicted octanol–water partition coefficient (Wildman–Crippen LogP) is 3.90. The van der Waals surface area contributed by atoms with Crippen LogP contribution < -0.4 is 10.2 Å². The van der Waals surface area contributed by atoms with Crippen molar-refractivity contribution in [3.05, 3.63) is 65.3 Å². The Kier molecular flexibility index (Phi) is 6.04. The average Bonchev–Trinajstić information content (AvgIpc) is 3.17. The molecule has 7 nitrogen and oxygen atoms in total. The minimum absolute atomic E-state index is 0.149. The Morgan fingerprint density at radius 1 is 1.19 bits per heavy atom. The summed E-state index contributed by atoms with van der Waals surface area (Å²) in [7, 11) is 0. The molecule has 2 atom stereocenters. The molecule has 1 aliphatic rings. The summed E-state index contributed by atoms with van der Waals surface area (Å²) in [5.41, 5.74) is 6.35. The predicted molar refractivity (Wildman–Crippen MR) is 119 cm³/mol. The number of amides is 1. The van der Waals surface area contributed by atoms with Gasteiger partial charge < -0.3 is 19.5 Å². The van der Waals surface area contributed by atoms with Crippen LogP contribution in [0.2, 0.25) is 0 Å². The molecular weight excluding hydrogens is 392 g/mol. The highest BCUT2D eigenvalue weighted by atomic mass is 16.5. The van der Waals surface area contributed by atoms with Crippen LogP contribution in [0.4, 0.5) is 5.69 Å². The van der Waals surface area contributed by atoms with Gasteiger partial charge in [-0.25, -0.2) is 0 Å². The van der Waals surface area contributed by atoms with Crippen LogP contribution >= 0.6 is 0 Å². The van der Waals surface area contributed by atoms with Crippen LogP contribution in [0.15, 0.2) is 47.3 Å². The second-order valence-electron chi connectivity index (χ2n) is 8.16. The quantitative estimate of drug-likeness (QED) is 0.674. The lowest BCUT2D eigenvalue weighted by molar-refractivity contribution is -0.00518. The largest absolute Gasteiger partial charge is 0.372 e. The number of anilines is 1. The van der Waals surface area contributed by atoms with E-state index in [-0.39, 0.29) is 18.1 Å². The van der Waals surface area contributed by atoms with Crippen LogP contribution in [0.5, 0.6) is 0 Å². The van der Waals surface area contributed by atoms with Gasteiger partial charge in [0.15, 0.2) is 0 Å². The third kappa shape index (κ3) is 4.61. The molecule has 0 aliphatic carbocycles. The minimum atomic E-state index is -0.199. The first-order chi connectivity index (χ1) is 14.9. The molecule has 31 heavy (non-hydrogen) atoms. The van der Waals surface area contributed by atoms with E-state index in [1.165, 1.54) is 6.26 Å². The molecule has 7 heteroatoms. The van der Waals surface area contributed by atoms with Gasteiger partial charge in [-0.1, -0.05) is 17.3 Å². The molecule has 0 saturated carbocycles. The summed E-state index contributed by atoms with van der Waals surface area (Å²) < 4.78 is 10.8. The van der Waals surface area contributed by atoms with Crippen molar-refractivity contribution in [3.63, 3.8) is 0 Å². The zero-order chi connectivity index (χ0) is 22.0. The SMILES string of the molecule is Cc1cc(-c2c(CNC(=O)c3conc3C)cccc2N2C[C@@H](C)O[C@@H](C)C2)ccn1. The maximum atomic E-state index is 12.6. The fraction of sp³-hybridized carbons (Fsp3) is 0.375. The van der Waals surface area contributed by atoms with E-state index in [1.54, 1.807) is 6.92 Å². The zero-order valence-electron chi connectivity index (χ0n) is 18.4. The van der Waals surface area contributed by atoms with Crippen LogP contribution in [0.3, 0.4) is 0 Å². The van der Waals surface area contributed by atoms with Gasteiger partial charge in [-0.2, -0.15) is 0 Å². The van der Waals surface area contributed by atoms with Crippen molar-refractivity contribution < 1.29 is 14.1 Å². The average molecular weight is 421 g/mol. The molecule has 3 heterocycles. The number of morpholine rings is 1. The maximum absolute atomic E-state index is 12.6. The smallest absolute Gasteiger partial charge is 0.256 e. The Hall–Kier alpha value is -3.19. The van der Waals surface area contributed by atoms with Crippen molar-refractivity contribution in [3.8, 4) is 11.1 Å². The van der Waals surface area contributed by atoms with E-state index in [4.69, 9.17) is 9.26 Å². The van der Waals surface area contributed by atoms with Crippen LogP contribution in [0, 0.1) is 13.8 Å². The number of aromatic nitrogens is 2. The molecule has 1 amide bonds. The molecule has 3 aromatic rings. The molecule has 0 spiro atoms. The lowest BCUT2D eigenvalue weighted by Crippen LogP contribution is -2.45. The van der Waals surface area contributed by atoms with Gasteiger partial charge in [0.25, 0.3) is 5.91 Å². The Morgan fingerprint density at radius 3 is 2.65 bits per heavy atom. The molecule has 4 rings (SSSR count). The monoisotopic (exact) mass is 420 g/mol. The molecule has 162 valence electrons. The lowest BCUT2D eigenvalue weighted by atomic mass is 9.96. The normalized spacial score (nSPS) is 18.8. The van der Waals surface area contributed by atoms with Gasteiger partial charge in [-0.05, 0) is 57.0 Å². The summed E-state index contributed by atoms with van der Waals surface area (Å²) in [5.74, 6) is -0.199. The summed E-state index contributed by atoms with van der Waals surface area (Å²) in [4.78, 5) is 19.4. The fourth-order valence-corrected chi connectivity index (χ4v) is 4.19. The third-order valence-electron chi connectivity index (χ3n) is 5.51. The molecule has 1 N–H and O–H groups in total. The van der Waals surface area contributed by atoms with Gasteiger partial charge in [0.05, 0.1) is 17.9 Å². The number of carbonyl (C=O) groups excluding carboxylic acids is 1. The first-order valence-electron chi connectivity index (χ1n) is 10.6. The summed E-state index contributed by atoms with van der Waals surface area (Å²) in [5, 5.41) is 6.81. The summed E-state index contributed by atoms with van der Waals surface area (Å²) >= 11 is 0. The molecule has 1 fully saturated rings. The molecule has 1 saturated heterocycles. The topological polar surface area (TPSA) is 80.5 Å².